The van der Waals surface area contributed by atoms with Gasteiger partial charge in [0, 0.05) is 6.61 Å². The van der Waals surface area contributed by atoms with Crippen molar-refractivity contribution in [3.63, 3.8) is 0 Å². The maximum atomic E-state index is 5.45. The molecule has 0 aromatic rings. The van der Waals surface area contributed by atoms with Crippen molar-refractivity contribution in [1.82, 2.24) is 0 Å². The van der Waals surface area contributed by atoms with Gasteiger partial charge in [0.05, 0.1) is 52.9 Å². The summed E-state index contributed by atoms with van der Waals surface area (Å²) in [6.45, 7) is 10.3. The molecule has 22 heavy (non-hydrogen) atoms. The summed E-state index contributed by atoms with van der Waals surface area (Å²) >= 11 is 0. The molecule has 0 amide bonds. The Bertz CT molecular complexity index is 175. The number of hydrogen-bond donors (Lipinski definition) is 0. The molecule has 0 aliphatic carbocycles. The van der Waals surface area contributed by atoms with Crippen molar-refractivity contribution >= 4 is 9.76 Å². The van der Waals surface area contributed by atoms with E-state index in [1.54, 1.807) is 0 Å². The van der Waals surface area contributed by atoms with Crippen molar-refractivity contribution in [1.29, 1.82) is 0 Å². The Morgan fingerprint density at radius 2 is 1.05 bits per heavy atom. The minimum absolute atomic E-state index is 0.605. The lowest BCUT2D eigenvalue weighted by Gasteiger charge is -2.07. The fourth-order valence-electron chi connectivity index (χ4n) is 1.56. The first-order valence-electron chi connectivity index (χ1n) is 8.57. The van der Waals surface area contributed by atoms with Crippen LogP contribution >= 0.6 is 0 Å². The van der Waals surface area contributed by atoms with Gasteiger partial charge in [-0.05, 0) is 12.5 Å². The molecule has 0 saturated carbocycles. The first kappa shape index (κ1) is 22.0. The lowest BCUT2D eigenvalue weighted by Crippen LogP contribution is -2.13. The van der Waals surface area contributed by atoms with Gasteiger partial charge in [-0.2, -0.15) is 0 Å². The quantitative estimate of drug-likeness (QED) is 0.268. The summed E-state index contributed by atoms with van der Waals surface area (Å²) in [6, 6.07) is 1.15. The van der Waals surface area contributed by atoms with Crippen molar-refractivity contribution in [2.45, 2.75) is 45.6 Å². The Morgan fingerprint density at radius 1 is 0.545 bits per heavy atom. The van der Waals surface area contributed by atoms with Gasteiger partial charge in [-0.3, -0.25) is 0 Å². The van der Waals surface area contributed by atoms with Crippen molar-refractivity contribution in [2.75, 3.05) is 59.5 Å². The second-order valence-electron chi connectivity index (χ2n) is 4.90. The summed E-state index contributed by atoms with van der Waals surface area (Å²) in [4.78, 5) is 0. The molecule has 0 bridgehead atoms. The topological polar surface area (TPSA) is 46.2 Å². The van der Waals surface area contributed by atoms with Crippen molar-refractivity contribution in [3.8, 4) is 0 Å². The molecular weight excluding hydrogens is 300 g/mol. The monoisotopic (exact) mass is 334 g/mol. The molecule has 0 fully saturated rings. The molecule has 2 radical (unpaired) electrons. The van der Waals surface area contributed by atoms with E-state index in [4.69, 9.17) is 23.4 Å². The van der Waals surface area contributed by atoms with E-state index in [9.17, 15) is 0 Å². The van der Waals surface area contributed by atoms with Crippen LogP contribution in [0.25, 0.3) is 0 Å². The Morgan fingerprint density at radius 3 is 1.55 bits per heavy atom. The van der Waals surface area contributed by atoms with Crippen LogP contribution in [0, 0.1) is 0 Å². The second kappa shape index (κ2) is 21.0. The van der Waals surface area contributed by atoms with Gasteiger partial charge in [-0.1, -0.05) is 33.1 Å². The van der Waals surface area contributed by atoms with Gasteiger partial charge in [-0.15, -0.1) is 0 Å². The van der Waals surface area contributed by atoms with Crippen LogP contribution in [-0.4, -0.2) is 69.2 Å². The normalized spacial score (nSPS) is 11.2. The second-order valence-corrected chi connectivity index (χ2v) is 5.98. The molecule has 0 atom stereocenters. The number of rotatable bonds is 19. The van der Waals surface area contributed by atoms with Crippen LogP contribution in [0.3, 0.4) is 0 Å². The van der Waals surface area contributed by atoms with E-state index in [-0.39, 0.29) is 0 Å². The third kappa shape index (κ3) is 20.0. The molecule has 0 aromatic heterocycles. The van der Waals surface area contributed by atoms with Gasteiger partial charge in [0.1, 0.15) is 0 Å². The van der Waals surface area contributed by atoms with E-state index in [0.29, 0.717) is 62.6 Å². The van der Waals surface area contributed by atoms with Gasteiger partial charge in [0.2, 0.25) is 9.76 Å². The van der Waals surface area contributed by atoms with Gasteiger partial charge in [-0.25, -0.2) is 0 Å². The number of ether oxygens (including phenoxy) is 4. The molecule has 0 saturated heterocycles. The Labute approximate surface area is 138 Å². The molecule has 0 heterocycles. The molecule has 0 N–H and O–H groups in total. The molecule has 0 aliphatic rings. The highest BCUT2D eigenvalue weighted by Crippen LogP contribution is 1.93. The van der Waals surface area contributed by atoms with Crippen LogP contribution in [-0.2, 0) is 23.4 Å². The van der Waals surface area contributed by atoms with Crippen LogP contribution in [0.15, 0.2) is 0 Å². The first-order valence-corrected chi connectivity index (χ1v) is 9.69. The molecular formula is C16H34O5Si. The van der Waals surface area contributed by atoms with E-state index in [2.05, 4.69) is 13.8 Å². The molecule has 0 rings (SSSR count). The molecule has 132 valence electrons. The van der Waals surface area contributed by atoms with E-state index < -0.39 is 0 Å². The highest BCUT2D eigenvalue weighted by atomic mass is 28.2. The summed E-state index contributed by atoms with van der Waals surface area (Å²) < 4.78 is 27.1. The Kier molecular flexibility index (Phi) is 21.0. The largest absolute Gasteiger partial charge is 0.415 e. The fraction of sp³-hybridized carbons (Fsp3) is 1.00. The van der Waals surface area contributed by atoms with Crippen molar-refractivity contribution in [2.24, 2.45) is 0 Å². The lowest BCUT2D eigenvalue weighted by molar-refractivity contribution is -0.00478. The van der Waals surface area contributed by atoms with Gasteiger partial charge >= 0.3 is 0 Å². The van der Waals surface area contributed by atoms with E-state index in [0.717, 1.165) is 19.1 Å². The molecule has 5 nitrogen and oxygen atoms in total. The minimum atomic E-state index is 0.605. The summed E-state index contributed by atoms with van der Waals surface area (Å²) in [5.41, 5.74) is 0. The Hall–Kier alpha value is 0.0169. The van der Waals surface area contributed by atoms with E-state index >= 15 is 0 Å². The van der Waals surface area contributed by atoms with Gasteiger partial charge < -0.3 is 23.4 Å². The number of hydrogen-bond acceptors (Lipinski definition) is 5. The summed E-state index contributed by atoms with van der Waals surface area (Å²) in [6.07, 6.45) is 4.79. The smallest absolute Gasteiger partial charge is 0.229 e. The third-order valence-corrected chi connectivity index (χ3v) is 3.90. The highest BCUT2D eigenvalue weighted by molar-refractivity contribution is 6.26. The molecule has 0 aliphatic heterocycles. The molecule has 0 spiro atoms. The standard InChI is InChI=1S/C16H34O5Si/c1-3-5-6-7-17-8-9-18-10-11-19-12-13-20-14-15-21-22-16-4-2/h3-16H2,1-2H3. The predicted octanol–water partition coefficient (Wildman–Crippen LogP) is 2.71. The number of unbranched alkanes of at least 4 members (excludes halogenated alkanes) is 2. The average Bonchev–Trinajstić information content (AvgIpc) is 2.54. The maximum absolute atomic E-state index is 5.45. The average molecular weight is 335 g/mol. The van der Waals surface area contributed by atoms with Crippen molar-refractivity contribution in [3.05, 3.63) is 0 Å². The lowest BCUT2D eigenvalue weighted by atomic mass is 10.3. The fourth-order valence-corrected chi connectivity index (χ4v) is 2.14. The van der Waals surface area contributed by atoms with Crippen LogP contribution in [0.4, 0.5) is 0 Å². The van der Waals surface area contributed by atoms with E-state index in [1.165, 1.54) is 19.3 Å². The van der Waals surface area contributed by atoms with Gasteiger partial charge in [0.15, 0.2) is 0 Å². The first-order chi connectivity index (χ1) is 10.9. The maximum Gasteiger partial charge on any atom is 0.229 e. The van der Waals surface area contributed by atoms with Crippen LogP contribution in [0.1, 0.15) is 39.5 Å². The Balaban J connectivity index is 2.91. The molecule has 6 heteroatoms. The van der Waals surface area contributed by atoms with Crippen LogP contribution in [0.2, 0.25) is 6.04 Å². The summed E-state index contributed by atoms with van der Waals surface area (Å²) in [7, 11) is 0.605. The molecule has 0 aromatic carbocycles. The highest BCUT2D eigenvalue weighted by Gasteiger charge is 1.94. The third-order valence-electron chi connectivity index (χ3n) is 2.79. The van der Waals surface area contributed by atoms with Gasteiger partial charge in [0.25, 0.3) is 0 Å². The molecule has 0 unspecified atom stereocenters. The van der Waals surface area contributed by atoms with Crippen LogP contribution in [0.5, 0.6) is 0 Å². The zero-order valence-electron chi connectivity index (χ0n) is 14.4. The van der Waals surface area contributed by atoms with E-state index in [1.807, 2.05) is 0 Å². The predicted molar refractivity (Wildman–Crippen MR) is 89.6 cm³/mol. The zero-order chi connectivity index (χ0) is 16.1. The SMILES string of the molecule is CCCCCOCCOCCOCCOCCO[Si]CCC. The van der Waals surface area contributed by atoms with Crippen molar-refractivity contribution < 1.29 is 23.4 Å². The summed E-state index contributed by atoms with van der Waals surface area (Å²) in [5.74, 6) is 0. The minimum Gasteiger partial charge on any atom is -0.415 e. The zero-order valence-corrected chi connectivity index (χ0v) is 15.4. The van der Waals surface area contributed by atoms with Crippen LogP contribution < -0.4 is 0 Å². The summed E-state index contributed by atoms with van der Waals surface area (Å²) in [5, 5.41) is 0.